The van der Waals surface area contributed by atoms with Crippen LogP contribution in [0.3, 0.4) is 0 Å². The van der Waals surface area contributed by atoms with Gasteiger partial charge in [0.2, 0.25) is 17.5 Å². The predicted octanol–water partition coefficient (Wildman–Crippen LogP) is 5.56. The number of rotatable bonds is 7. The van der Waals surface area contributed by atoms with Gasteiger partial charge in [0.05, 0.1) is 6.04 Å². The van der Waals surface area contributed by atoms with E-state index in [1.807, 2.05) is 0 Å². The lowest BCUT2D eigenvalue weighted by molar-refractivity contribution is 0.172. The second kappa shape index (κ2) is 9.70. The van der Waals surface area contributed by atoms with Crippen LogP contribution in [-0.4, -0.2) is 29.5 Å². The minimum atomic E-state index is -0.282. The average Bonchev–Trinajstić information content (AvgIpc) is 3.44. The molecule has 1 aliphatic rings. The highest BCUT2D eigenvalue weighted by atomic mass is 32.1. The van der Waals surface area contributed by atoms with Crippen LogP contribution in [0, 0.1) is 17.1 Å². The third-order valence-corrected chi connectivity index (χ3v) is 6.17. The van der Waals surface area contributed by atoms with E-state index in [1.165, 1.54) is 36.3 Å². The summed E-state index contributed by atoms with van der Waals surface area (Å²) in [5, 5.41) is 14.9. The Morgan fingerprint density at radius 1 is 1.20 bits per heavy atom. The van der Waals surface area contributed by atoms with Crippen LogP contribution in [-0.2, 0) is 0 Å². The molecular weight excluding hydrogens is 399 g/mol. The van der Waals surface area contributed by atoms with Crippen molar-refractivity contribution in [1.29, 1.82) is 5.26 Å². The van der Waals surface area contributed by atoms with Gasteiger partial charge in [0.25, 0.3) is 0 Å². The third-order valence-electron chi connectivity index (χ3n) is 5.20. The van der Waals surface area contributed by atoms with E-state index in [1.54, 1.807) is 35.6 Å². The van der Waals surface area contributed by atoms with Gasteiger partial charge in [-0.2, -0.15) is 10.2 Å². The molecule has 3 aromatic rings. The summed E-state index contributed by atoms with van der Waals surface area (Å²) >= 11 is 1.75. The number of hydrogen-bond acceptors (Lipinski definition) is 6. The van der Waals surface area contributed by atoms with E-state index in [0.717, 1.165) is 18.7 Å². The highest BCUT2D eigenvalue weighted by Gasteiger charge is 2.24. The molecule has 30 heavy (non-hydrogen) atoms. The second-order valence-electron chi connectivity index (χ2n) is 7.24. The van der Waals surface area contributed by atoms with Crippen LogP contribution in [0.5, 0.6) is 0 Å². The molecule has 0 spiro atoms. The molecule has 1 aromatic carbocycles. The Kier molecular flexibility index (Phi) is 6.57. The Hall–Kier alpha value is -2.95. The molecule has 1 N–H and O–H groups in total. The fraction of sp³-hybridized carbons (Fsp3) is 0.304. The maximum atomic E-state index is 13.0. The average molecular weight is 423 g/mol. The lowest BCUT2D eigenvalue weighted by Crippen LogP contribution is -2.36. The van der Waals surface area contributed by atoms with Crippen molar-refractivity contribution in [3.63, 3.8) is 0 Å². The van der Waals surface area contributed by atoms with Gasteiger partial charge in [-0.25, -0.2) is 4.39 Å². The summed E-state index contributed by atoms with van der Waals surface area (Å²) in [5.41, 5.74) is 1.06. The summed E-state index contributed by atoms with van der Waals surface area (Å²) in [5.74, 6) is 0.439. The van der Waals surface area contributed by atoms with E-state index < -0.39 is 0 Å². The Bertz CT molecular complexity index is 1010. The molecule has 5 nitrogen and oxygen atoms in total. The minimum Gasteiger partial charge on any atom is -0.420 e. The second-order valence-corrected chi connectivity index (χ2v) is 8.21. The van der Waals surface area contributed by atoms with Crippen LogP contribution in [0.2, 0.25) is 0 Å². The van der Waals surface area contributed by atoms with Gasteiger partial charge in [0.15, 0.2) is 0 Å². The van der Waals surface area contributed by atoms with Crippen molar-refractivity contribution >= 4 is 29.4 Å². The molecular formula is C23H23FN4OS. The van der Waals surface area contributed by atoms with E-state index in [-0.39, 0.29) is 17.6 Å². The van der Waals surface area contributed by atoms with Crippen LogP contribution >= 0.6 is 11.3 Å². The van der Waals surface area contributed by atoms with E-state index in [9.17, 15) is 9.65 Å². The molecule has 1 unspecified atom stereocenters. The predicted molar refractivity (Wildman–Crippen MR) is 118 cm³/mol. The number of piperidine rings is 1. The molecule has 3 heterocycles. The number of thiophene rings is 1. The number of anilines is 1. The molecule has 1 atom stereocenters. The number of nitrogens with zero attached hydrogens (tertiary/aromatic N) is 3. The highest BCUT2D eigenvalue weighted by molar-refractivity contribution is 7.10. The first kappa shape index (κ1) is 20.3. The summed E-state index contributed by atoms with van der Waals surface area (Å²) in [7, 11) is 0. The van der Waals surface area contributed by atoms with Crippen molar-refractivity contribution in [3.05, 3.63) is 69.6 Å². The Balaban J connectivity index is 1.47. The van der Waals surface area contributed by atoms with Gasteiger partial charge >= 0.3 is 0 Å². The molecule has 0 radical (unpaired) electrons. The Morgan fingerprint density at radius 2 is 2.00 bits per heavy atom. The third kappa shape index (κ3) is 4.96. The Labute approximate surface area is 179 Å². The smallest absolute Gasteiger partial charge is 0.232 e. The van der Waals surface area contributed by atoms with Crippen LogP contribution in [0.4, 0.5) is 10.3 Å². The summed E-state index contributed by atoms with van der Waals surface area (Å²) in [6, 6.07) is 12.7. The van der Waals surface area contributed by atoms with Crippen LogP contribution < -0.4 is 5.32 Å². The summed E-state index contributed by atoms with van der Waals surface area (Å²) in [6.07, 6.45) is 7.17. The van der Waals surface area contributed by atoms with Crippen molar-refractivity contribution in [2.75, 3.05) is 25.0 Å². The van der Waals surface area contributed by atoms with Crippen molar-refractivity contribution in [1.82, 2.24) is 9.88 Å². The van der Waals surface area contributed by atoms with Gasteiger partial charge in [0.1, 0.15) is 11.9 Å². The number of aromatic nitrogens is 1. The lowest BCUT2D eigenvalue weighted by atomic mass is 10.1. The van der Waals surface area contributed by atoms with Crippen molar-refractivity contribution in [2.45, 2.75) is 25.3 Å². The number of halogens is 1. The van der Waals surface area contributed by atoms with Gasteiger partial charge in [-0.05, 0) is 61.1 Å². The normalized spacial score (nSPS) is 15.9. The zero-order valence-corrected chi connectivity index (χ0v) is 17.4. The fourth-order valence-electron chi connectivity index (χ4n) is 3.65. The number of nitrogens with one attached hydrogen (secondary N) is 1. The van der Waals surface area contributed by atoms with Gasteiger partial charge in [-0.15, -0.1) is 11.3 Å². The van der Waals surface area contributed by atoms with Crippen molar-refractivity contribution in [2.24, 2.45) is 0 Å². The van der Waals surface area contributed by atoms with E-state index >= 15 is 0 Å². The van der Waals surface area contributed by atoms with Gasteiger partial charge in [0, 0.05) is 17.5 Å². The lowest BCUT2D eigenvalue weighted by Gasteiger charge is -2.34. The number of benzene rings is 1. The minimum absolute atomic E-state index is 0.234. The SMILES string of the molecule is N#Cc1nc(C=Cc2ccc(F)cc2)oc1NCC(c1cccs1)N1CCCCC1. The first-order valence-corrected chi connectivity index (χ1v) is 11.0. The van der Waals surface area contributed by atoms with Gasteiger partial charge in [-0.1, -0.05) is 24.6 Å². The quantitative estimate of drug-likeness (QED) is 0.540. The molecule has 1 fully saturated rings. The zero-order chi connectivity index (χ0) is 20.8. The van der Waals surface area contributed by atoms with Gasteiger partial charge < -0.3 is 9.73 Å². The number of likely N-dealkylation sites (tertiary alicyclic amines) is 1. The molecule has 154 valence electrons. The molecule has 0 amide bonds. The number of hydrogen-bond donors (Lipinski definition) is 1. The number of nitriles is 1. The van der Waals surface area contributed by atoms with Crippen molar-refractivity contribution in [3.8, 4) is 6.07 Å². The topological polar surface area (TPSA) is 65.1 Å². The maximum absolute atomic E-state index is 13.0. The first-order chi connectivity index (χ1) is 14.7. The first-order valence-electron chi connectivity index (χ1n) is 10.1. The molecule has 7 heteroatoms. The molecule has 4 rings (SSSR count). The summed E-state index contributed by atoms with van der Waals surface area (Å²) < 4.78 is 18.8. The van der Waals surface area contributed by atoms with E-state index in [2.05, 4.69) is 38.8 Å². The van der Waals surface area contributed by atoms with E-state index in [4.69, 9.17) is 4.42 Å². The molecule has 0 aliphatic carbocycles. The van der Waals surface area contributed by atoms with Gasteiger partial charge in [-0.3, -0.25) is 4.90 Å². The maximum Gasteiger partial charge on any atom is 0.232 e. The molecule has 1 aliphatic heterocycles. The Morgan fingerprint density at radius 3 is 2.70 bits per heavy atom. The number of oxazole rings is 1. The highest BCUT2D eigenvalue weighted by Crippen LogP contribution is 2.29. The molecule has 1 saturated heterocycles. The van der Waals surface area contributed by atoms with Crippen LogP contribution in [0.1, 0.15) is 47.3 Å². The largest absolute Gasteiger partial charge is 0.420 e. The summed E-state index contributed by atoms with van der Waals surface area (Å²) in [6.45, 7) is 2.81. The molecule has 0 saturated carbocycles. The van der Waals surface area contributed by atoms with Crippen molar-refractivity contribution < 1.29 is 8.81 Å². The summed E-state index contributed by atoms with van der Waals surface area (Å²) in [4.78, 5) is 8.06. The molecule has 2 aromatic heterocycles. The van der Waals surface area contributed by atoms with E-state index in [0.29, 0.717) is 18.3 Å². The zero-order valence-electron chi connectivity index (χ0n) is 16.6. The monoisotopic (exact) mass is 422 g/mol. The fourth-order valence-corrected chi connectivity index (χ4v) is 4.52. The molecule has 0 bridgehead atoms. The standard InChI is InChI=1S/C23H23FN4OS/c24-18-9-6-17(7-10-18)8-11-22-27-19(15-25)23(29-22)26-16-20(21-5-4-14-30-21)28-12-2-1-3-13-28/h4-11,14,20,26H,1-3,12-13,16H2. The van der Waals surface area contributed by atoms with Crippen LogP contribution in [0.15, 0.2) is 46.2 Å². The van der Waals surface area contributed by atoms with Crippen LogP contribution in [0.25, 0.3) is 12.2 Å².